The molecule has 116 valence electrons. The van der Waals surface area contributed by atoms with Gasteiger partial charge in [-0.3, -0.25) is 9.79 Å². The van der Waals surface area contributed by atoms with Gasteiger partial charge in [-0.15, -0.1) is 0 Å². The monoisotopic (exact) mass is 310 g/mol. The Morgan fingerprint density at radius 1 is 1.19 bits per heavy atom. The lowest BCUT2D eigenvalue weighted by Crippen LogP contribution is -2.39. The first-order valence-corrected chi connectivity index (χ1v) is 7.49. The number of carbonyl (C=O) groups is 1. The molecule has 0 aliphatic heterocycles. The van der Waals surface area contributed by atoms with Crippen LogP contribution in [0.15, 0.2) is 29.3 Å². The lowest BCUT2D eigenvalue weighted by Gasteiger charge is -2.12. The largest absolute Gasteiger partial charge is 0.356 e. The summed E-state index contributed by atoms with van der Waals surface area (Å²) in [5.74, 6) is 0.698. The van der Waals surface area contributed by atoms with Gasteiger partial charge in [-0.05, 0) is 18.1 Å². The third-order valence-corrected chi connectivity index (χ3v) is 3.21. The molecule has 0 atom stereocenters. The summed E-state index contributed by atoms with van der Waals surface area (Å²) < 4.78 is 0. The maximum Gasteiger partial charge on any atom is 0.221 e. The van der Waals surface area contributed by atoms with Gasteiger partial charge in [0.05, 0.1) is 0 Å². The van der Waals surface area contributed by atoms with E-state index >= 15 is 0 Å². The Labute approximate surface area is 131 Å². The van der Waals surface area contributed by atoms with Crippen LogP contribution in [0.4, 0.5) is 0 Å². The topological polar surface area (TPSA) is 65.5 Å². The Bertz CT molecular complexity index is 476. The second-order valence-corrected chi connectivity index (χ2v) is 4.95. The summed E-state index contributed by atoms with van der Waals surface area (Å²) in [5.41, 5.74) is 1.00. The predicted molar refractivity (Wildman–Crippen MR) is 87.6 cm³/mol. The van der Waals surface area contributed by atoms with Crippen molar-refractivity contribution in [3.63, 3.8) is 0 Å². The summed E-state index contributed by atoms with van der Waals surface area (Å²) in [6.45, 7) is 3.87. The van der Waals surface area contributed by atoms with Crippen LogP contribution in [0.1, 0.15) is 25.3 Å². The summed E-state index contributed by atoms with van der Waals surface area (Å²) >= 11 is 6.09. The van der Waals surface area contributed by atoms with E-state index in [1.54, 1.807) is 7.05 Å². The number of aliphatic imine (C=N–C) groups is 1. The van der Waals surface area contributed by atoms with Gasteiger partial charge in [0.2, 0.25) is 5.91 Å². The fourth-order valence-corrected chi connectivity index (χ4v) is 1.89. The lowest BCUT2D eigenvalue weighted by atomic mass is 10.2. The molecule has 0 saturated heterocycles. The number of rotatable bonds is 7. The van der Waals surface area contributed by atoms with E-state index in [4.69, 9.17) is 11.6 Å². The number of nitrogens with zero attached hydrogens (tertiary/aromatic N) is 1. The molecule has 0 aromatic heterocycles. The molecule has 0 heterocycles. The van der Waals surface area contributed by atoms with Crippen LogP contribution < -0.4 is 16.0 Å². The van der Waals surface area contributed by atoms with Crippen LogP contribution in [-0.2, 0) is 11.3 Å². The molecule has 1 amide bonds. The van der Waals surface area contributed by atoms with Gasteiger partial charge in [0.1, 0.15) is 0 Å². The maximum atomic E-state index is 11.5. The molecule has 3 N–H and O–H groups in total. The Morgan fingerprint density at radius 2 is 1.95 bits per heavy atom. The molecule has 0 aliphatic rings. The minimum atomic E-state index is 0.0471. The number of hydrogen-bond donors (Lipinski definition) is 3. The number of nitrogens with one attached hydrogen (secondary N) is 3. The van der Waals surface area contributed by atoms with E-state index in [1.165, 1.54) is 0 Å². The molecular formula is C15H23ClN4O. The van der Waals surface area contributed by atoms with E-state index in [0.717, 1.165) is 23.6 Å². The van der Waals surface area contributed by atoms with E-state index in [2.05, 4.69) is 20.9 Å². The van der Waals surface area contributed by atoms with Crippen molar-refractivity contribution in [3.05, 3.63) is 34.9 Å². The smallest absolute Gasteiger partial charge is 0.221 e. The van der Waals surface area contributed by atoms with Gasteiger partial charge in [0, 0.05) is 38.1 Å². The van der Waals surface area contributed by atoms with Gasteiger partial charge in [0.25, 0.3) is 0 Å². The van der Waals surface area contributed by atoms with Crippen LogP contribution >= 0.6 is 11.6 Å². The lowest BCUT2D eigenvalue weighted by molar-refractivity contribution is -0.120. The van der Waals surface area contributed by atoms with Crippen LogP contribution in [0.2, 0.25) is 5.02 Å². The molecule has 1 rings (SSSR count). The zero-order chi connectivity index (χ0) is 15.5. The molecule has 21 heavy (non-hydrogen) atoms. The van der Waals surface area contributed by atoms with Crippen molar-refractivity contribution >= 4 is 23.5 Å². The normalized spacial score (nSPS) is 11.1. The number of carbonyl (C=O) groups excluding carboxylic acids is 1. The maximum absolute atomic E-state index is 11.5. The van der Waals surface area contributed by atoms with Crippen molar-refractivity contribution in [2.45, 2.75) is 26.3 Å². The zero-order valence-corrected chi connectivity index (χ0v) is 13.3. The van der Waals surface area contributed by atoms with Crippen molar-refractivity contribution < 1.29 is 4.79 Å². The molecule has 0 radical (unpaired) electrons. The van der Waals surface area contributed by atoms with E-state index in [1.807, 2.05) is 31.2 Å². The van der Waals surface area contributed by atoms with Crippen LogP contribution in [-0.4, -0.2) is 32.0 Å². The Balaban J connectivity index is 2.30. The predicted octanol–water partition coefficient (Wildman–Crippen LogP) is 1.92. The average molecular weight is 311 g/mol. The average Bonchev–Trinajstić information content (AvgIpc) is 2.50. The van der Waals surface area contributed by atoms with Crippen LogP contribution in [0, 0.1) is 0 Å². The molecule has 5 nitrogen and oxygen atoms in total. The van der Waals surface area contributed by atoms with Crippen molar-refractivity contribution in [1.29, 1.82) is 0 Å². The van der Waals surface area contributed by atoms with Crippen molar-refractivity contribution in [3.8, 4) is 0 Å². The van der Waals surface area contributed by atoms with Crippen LogP contribution in [0.5, 0.6) is 0 Å². The fraction of sp³-hybridized carbons (Fsp3) is 0.467. The highest BCUT2D eigenvalue weighted by molar-refractivity contribution is 6.31. The fourth-order valence-electron chi connectivity index (χ4n) is 1.69. The Hall–Kier alpha value is -1.75. The van der Waals surface area contributed by atoms with Gasteiger partial charge in [-0.2, -0.15) is 0 Å². The van der Waals surface area contributed by atoms with Crippen molar-refractivity contribution in [2.75, 3.05) is 20.1 Å². The van der Waals surface area contributed by atoms with Gasteiger partial charge in [-0.1, -0.05) is 36.7 Å². The highest BCUT2D eigenvalue weighted by Gasteiger charge is 2.03. The molecule has 0 bridgehead atoms. The Morgan fingerprint density at radius 3 is 2.62 bits per heavy atom. The van der Waals surface area contributed by atoms with Gasteiger partial charge in [-0.25, -0.2) is 0 Å². The van der Waals surface area contributed by atoms with Crippen molar-refractivity contribution in [1.82, 2.24) is 16.0 Å². The Kier molecular flexibility index (Phi) is 8.28. The molecule has 1 aromatic rings. The highest BCUT2D eigenvalue weighted by atomic mass is 35.5. The summed E-state index contributed by atoms with van der Waals surface area (Å²) in [5, 5.41) is 9.82. The van der Waals surface area contributed by atoms with Crippen molar-refractivity contribution in [2.24, 2.45) is 4.99 Å². The number of amides is 1. The minimum Gasteiger partial charge on any atom is -0.356 e. The SMILES string of the molecule is CCCNC(=O)CCNC(=NC)NCc1ccccc1Cl. The third-order valence-electron chi connectivity index (χ3n) is 2.84. The summed E-state index contributed by atoms with van der Waals surface area (Å²) in [4.78, 5) is 15.6. The molecule has 0 unspecified atom stereocenters. The zero-order valence-electron chi connectivity index (χ0n) is 12.6. The van der Waals surface area contributed by atoms with E-state index in [9.17, 15) is 4.79 Å². The van der Waals surface area contributed by atoms with Crippen LogP contribution in [0.3, 0.4) is 0 Å². The first-order valence-electron chi connectivity index (χ1n) is 7.12. The minimum absolute atomic E-state index is 0.0471. The number of guanidine groups is 1. The quantitative estimate of drug-likeness (QED) is 0.532. The van der Waals surface area contributed by atoms with Gasteiger partial charge >= 0.3 is 0 Å². The van der Waals surface area contributed by atoms with E-state index in [-0.39, 0.29) is 5.91 Å². The second kappa shape index (κ2) is 10.0. The van der Waals surface area contributed by atoms with E-state index in [0.29, 0.717) is 25.5 Å². The van der Waals surface area contributed by atoms with Gasteiger partial charge in [0.15, 0.2) is 5.96 Å². The number of hydrogen-bond acceptors (Lipinski definition) is 2. The third kappa shape index (κ3) is 6.99. The first-order chi connectivity index (χ1) is 10.2. The summed E-state index contributed by atoms with van der Waals surface area (Å²) in [6, 6.07) is 7.65. The highest BCUT2D eigenvalue weighted by Crippen LogP contribution is 2.13. The molecule has 0 aliphatic carbocycles. The molecule has 0 saturated carbocycles. The molecule has 1 aromatic carbocycles. The summed E-state index contributed by atoms with van der Waals surface area (Å²) in [6.07, 6.45) is 1.37. The van der Waals surface area contributed by atoms with Crippen LogP contribution in [0.25, 0.3) is 0 Å². The first kappa shape index (κ1) is 17.3. The summed E-state index contributed by atoms with van der Waals surface area (Å²) in [7, 11) is 1.69. The van der Waals surface area contributed by atoms with Gasteiger partial charge < -0.3 is 16.0 Å². The molecule has 0 fully saturated rings. The number of halogens is 1. The number of benzene rings is 1. The molecule has 6 heteroatoms. The van der Waals surface area contributed by atoms with E-state index < -0.39 is 0 Å². The molecule has 0 spiro atoms. The standard InChI is InChI=1S/C15H23ClN4O/c1-3-9-18-14(21)8-10-19-15(17-2)20-11-12-6-4-5-7-13(12)16/h4-7H,3,8-11H2,1-2H3,(H,18,21)(H2,17,19,20). The molecular weight excluding hydrogens is 288 g/mol. The second-order valence-electron chi connectivity index (χ2n) is 4.54.